The summed E-state index contributed by atoms with van der Waals surface area (Å²) in [5, 5.41) is 26.9. The van der Waals surface area contributed by atoms with Crippen LogP contribution in [0.3, 0.4) is 0 Å². The average Bonchev–Trinajstić information content (AvgIpc) is 3.88. The van der Waals surface area contributed by atoms with Gasteiger partial charge in [-0.2, -0.15) is 10.5 Å². The van der Waals surface area contributed by atoms with Crippen molar-refractivity contribution in [1.82, 2.24) is 0 Å². The van der Waals surface area contributed by atoms with Crippen LogP contribution in [0.2, 0.25) is 0 Å². The average molecular weight is 793 g/mol. The number of fused-ring (bicyclic) bond motifs is 10. The predicted molar refractivity (Wildman–Crippen MR) is 247 cm³/mol. The molecule has 286 valence electrons. The Kier molecular flexibility index (Phi) is 8.19. The highest BCUT2D eigenvalue weighted by Crippen LogP contribution is 2.48. The summed E-state index contributed by atoms with van der Waals surface area (Å²) >= 11 is 0. The molecule has 0 saturated heterocycles. The number of benzene rings is 9. The fourth-order valence-electron chi connectivity index (χ4n) is 8.68. The van der Waals surface area contributed by atoms with E-state index >= 15 is 0 Å². The molecular weight excluding hydrogens is 765 g/mol. The monoisotopic (exact) mass is 792 g/mol. The number of anilines is 6. The minimum absolute atomic E-state index is 0.547. The quantitative estimate of drug-likeness (QED) is 0.156. The zero-order valence-electron chi connectivity index (χ0n) is 32.7. The molecule has 0 aliphatic heterocycles. The number of rotatable bonds is 6. The van der Waals surface area contributed by atoms with Gasteiger partial charge in [-0.3, -0.25) is 0 Å². The van der Waals surface area contributed by atoms with Gasteiger partial charge in [-0.1, -0.05) is 72.8 Å². The predicted octanol–water partition coefficient (Wildman–Crippen LogP) is 15.6. The summed E-state index contributed by atoms with van der Waals surface area (Å²) in [6.07, 6.45) is 0. The number of nitrogens with zero attached hydrogens (tertiary/aromatic N) is 6. The van der Waals surface area contributed by atoms with Crippen LogP contribution in [0.25, 0.3) is 75.1 Å². The van der Waals surface area contributed by atoms with Crippen LogP contribution in [0.5, 0.6) is 0 Å². The maximum atomic E-state index is 9.57. The largest absolute Gasteiger partial charge is 0.456 e. The fraction of sp³-hybridized carbons (Fsp3) is 0. The lowest BCUT2D eigenvalue weighted by molar-refractivity contribution is 0.664. The highest BCUT2D eigenvalue weighted by atomic mass is 16.3. The van der Waals surface area contributed by atoms with Crippen molar-refractivity contribution < 1.29 is 8.83 Å². The van der Waals surface area contributed by atoms with Crippen LogP contribution in [0, 0.1) is 35.8 Å². The molecule has 8 nitrogen and oxygen atoms in total. The van der Waals surface area contributed by atoms with Crippen molar-refractivity contribution in [3.8, 4) is 12.1 Å². The summed E-state index contributed by atoms with van der Waals surface area (Å²) in [7, 11) is 0. The molecule has 0 fully saturated rings. The lowest BCUT2D eigenvalue weighted by atomic mass is 9.98. The van der Waals surface area contributed by atoms with E-state index < -0.39 is 0 Å². The van der Waals surface area contributed by atoms with Gasteiger partial charge in [-0.15, -0.1) is 0 Å². The third-order valence-electron chi connectivity index (χ3n) is 11.5. The van der Waals surface area contributed by atoms with E-state index in [1.165, 1.54) is 0 Å². The van der Waals surface area contributed by atoms with Crippen LogP contribution >= 0.6 is 0 Å². The molecule has 2 heterocycles. The first-order valence-electron chi connectivity index (χ1n) is 19.7. The van der Waals surface area contributed by atoms with Crippen LogP contribution < -0.4 is 9.80 Å². The van der Waals surface area contributed by atoms with Gasteiger partial charge in [0.15, 0.2) is 11.4 Å². The summed E-state index contributed by atoms with van der Waals surface area (Å²) < 4.78 is 13.7. The molecule has 0 N–H and O–H groups in total. The second kappa shape index (κ2) is 14.2. The van der Waals surface area contributed by atoms with Gasteiger partial charge in [0, 0.05) is 67.2 Å². The van der Waals surface area contributed by atoms with Gasteiger partial charge in [-0.05, 0) is 95.7 Å². The lowest BCUT2D eigenvalue weighted by Gasteiger charge is -2.27. The Morgan fingerprint density at radius 3 is 1.06 bits per heavy atom. The molecule has 0 aliphatic rings. The van der Waals surface area contributed by atoms with E-state index in [2.05, 4.69) is 80.2 Å². The van der Waals surface area contributed by atoms with Crippen molar-refractivity contribution in [3.63, 3.8) is 0 Å². The summed E-state index contributed by atoms with van der Waals surface area (Å²) in [6, 6.07) is 59.3. The second-order valence-corrected chi connectivity index (χ2v) is 14.9. The van der Waals surface area contributed by atoms with Crippen molar-refractivity contribution in [3.05, 3.63) is 204 Å². The second-order valence-electron chi connectivity index (χ2n) is 14.9. The van der Waals surface area contributed by atoms with Crippen molar-refractivity contribution in [1.29, 1.82) is 10.5 Å². The van der Waals surface area contributed by atoms with E-state index in [9.17, 15) is 10.5 Å². The first kappa shape index (κ1) is 35.8. The summed E-state index contributed by atoms with van der Waals surface area (Å²) in [5.41, 5.74) is 10.3. The molecule has 0 radical (unpaired) electrons. The molecule has 8 heteroatoms. The fourth-order valence-corrected chi connectivity index (χ4v) is 8.68. The molecule has 11 rings (SSSR count). The Hall–Kier alpha value is -9.34. The molecule has 62 heavy (non-hydrogen) atoms. The Morgan fingerprint density at radius 2 is 0.726 bits per heavy atom. The van der Waals surface area contributed by atoms with Crippen molar-refractivity contribution >= 4 is 111 Å². The summed E-state index contributed by atoms with van der Waals surface area (Å²) in [5.74, 6) is 0. The van der Waals surface area contributed by atoms with Crippen molar-refractivity contribution in [2.75, 3.05) is 9.80 Å². The van der Waals surface area contributed by atoms with E-state index in [0.29, 0.717) is 33.7 Å². The van der Waals surface area contributed by atoms with Gasteiger partial charge in [-0.25, -0.2) is 9.69 Å². The number of hydrogen-bond donors (Lipinski definition) is 0. The van der Waals surface area contributed by atoms with Gasteiger partial charge in [0.1, 0.15) is 22.3 Å². The topological polar surface area (TPSA) is 89.1 Å². The number of furan rings is 2. The van der Waals surface area contributed by atoms with Crippen LogP contribution in [0.1, 0.15) is 11.1 Å². The Morgan fingerprint density at radius 1 is 0.387 bits per heavy atom. The molecule has 0 amide bonds. The highest BCUT2D eigenvalue weighted by molar-refractivity contribution is 6.28. The van der Waals surface area contributed by atoms with Gasteiger partial charge in [0.2, 0.25) is 0 Å². The van der Waals surface area contributed by atoms with Crippen LogP contribution in [-0.2, 0) is 0 Å². The molecular formula is C54H28N6O2. The number of nitriles is 2. The van der Waals surface area contributed by atoms with E-state index in [4.69, 9.17) is 22.0 Å². The van der Waals surface area contributed by atoms with Gasteiger partial charge >= 0.3 is 0 Å². The molecule has 11 aromatic rings. The molecule has 0 aliphatic carbocycles. The molecule has 0 unspecified atom stereocenters. The first-order chi connectivity index (χ1) is 30.5. The zero-order chi connectivity index (χ0) is 41.9. The van der Waals surface area contributed by atoms with Crippen LogP contribution in [-0.4, -0.2) is 0 Å². The minimum Gasteiger partial charge on any atom is -0.456 e. The molecule has 2 aromatic heterocycles. The maximum absolute atomic E-state index is 9.57. The van der Waals surface area contributed by atoms with Crippen molar-refractivity contribution in [2.45, 2.75) is 0 Å². The standard InChI is InChI=1S/C54H28N6O2/c1-57-35-15-23-39(24-16-35)60(40-25-17-36(58-2)18-26-40)48-30-52-54(44-10-6-4-8-42(44)48)46-28-49-45(27-50(46)62-52)53-43-9-5-3-7-41(43)47(29-51(53)61-49)59(37-19-11-33(31-55)12-20-37)38-21-13-34(32-56)14-22-38/h3-30H. The molecule has 0 bridgehead atoms. The Bertz CT molecular complexity index is 3410. The number of hydrogen-bond acceptors (Lipinski definition) is 6. The highest BCUT2D eigenvalue weighted by Gasteiger charge is 2.24. The third-order valence-corrected chi connectivity index (χ3v) is 11.5. The van der Waals surface area contributed by atoms with Crippen molar-refractivity contribution in [2.24, 2.45) is 0 Å². The van der Waals surface area contributed by atoms with Gasteiger partial charge in [0.25, 0.3) is 0 Å². The van der Waals surface area contributed by atoms with Gasteiger partial charge < -0.3 is 18.6 Å². The molecule has 9 aromatic carbocycles. The van der Waals surface area contributed by atoms with E-state index in [-0.39, 0.29) is 0 Å². The Labute approximate surface area is 354 Å². The Balaban J connectivity index is 1.14. The molecule has 0 saturated carbocycles. The normalized spacial score (nSPS) is 11.2. The molecule has 0 atom stereocenters. The van der Waals surface area contributed by atoms with E-state index in [1.54, 1.807) is 24.3 Å². The lowest BCUT2D eigenvalue weighted by Crippen LogP contribution is -2.10. The minimum atomic E-state index is 0.547. The zero-order valence-corrected chi connectivity index (χ0v) is 32.7. The maximum Gasteiger partial charge on any atom is 0.187 e. The van der Waals surface area contributed by atoms with Crippen LogP contribution in [0.15, 0.2) is 179 Å². The third kappa shape index (κ3) is 5.65. The smallest absolute Gasteiger partial charge is 0.187 e. The molecule has 0 spiro atoms. The summed E-state index contributed by atoms with van der Waals surface area (Å²) in [6.45, 7) is 15.1. The SMILES string of the molecule is [C-]#[N+]c1ccc(N(c2ccc([N+]#[C-])cc2)c2cc3oc4cc5c(cc4c3c3ccccc23)oc2cc(N(c3ccc(C#N)cc3)c3ccc(C#N)cc3)c3ccccc3c25)cc1. The summed E-state index contributed by atoms with van der Waals surface area (Å²) in [4.78, 5) is 11.5. The first-order valence-corrected chi connectivity index (χ1v) is 19.7. The van der Waals surface area contributed by atoms with E-state index in [1.807, 2.05) is 97.1 Å². The van der Waals surface area contributed by atoms with E-state index in [0.717, 1.165) is 88.4 Å². The van der Waals surface area contributed by atoms with Crippen LogP contribution in [0.4, 0.5) is 45.5 Å². The van der Waals surface area contributed by atoms with Gasteiger partial charge in [0.05, 0.1) is 47.8 Å².